The number of piperazine rings is 1. The second-order valence-electron chi connectivity index (χ2n) is 7.26. The standard InChI is InChI=1S/C19H41N5/c1-4-6-7-8-9-10-11-21-19(20)22-16-18(3)17-24-14-12-23(5-2)13-15-24/h18H,4-17H2,1-3H3,(H3,20,21,22). The monoisotopic (exact) mass is 339 g/mol. The van der Waals surface area contributed by atoms with Gasteiger partial charge in [-0.25, -0.2) is 0 Å². The summed E-state index contributed by atoms with van der Waals surface area (Å²) >= 11 is 0. The van der Waals surface area contributed by atoms with Crippen LogP contribution in [0.5, 0.6) is 0 Å². The summed E-state index contributed by atoms with van der Waals surface area (Å²) in [5.74, 6) is 1.18. The molecule has 0 radical (unpaired) electrons. The molecule has 1 saturated heterocycles. The van der Waals surface area contributed by atoms with Crippen LogP contribution in [0.15, 0.2) is 4.99 Å². The van der Waals surface area contributed by atoms with E-state index in [2.05, 4.69) is 40.9 Å². The first-order chi connectivity index (χ1) is 11.7. The van der Waals surface area contributed by atoms with E-state index in [9.17, 15) is 0 Å². The minimum atomic E-state index is 0.563. The van der Waals surface area contributed by atoms with Gasteiger partial charge in [-0.15, -0.1) is 0 Å². The molecule has 0 amide bonds. The van der Waals surface area contributed by atoms with Crippen LogP contribution in [0.25, 0.3) is 0 Å². The molecule has 0 bridgehead atoms. The number of unbranched alkanes of at least 4 members (excludes halogenated alkanes) is 5. The van der Waals surface area contributed by atoms with Crippen molar-refractivity contribution in [3.05, 3.63) is 0 Å². The summed E-state index contributed by atoms with van der Waals surface area (Å²) < 4.78 is 0. The van der Waals surface area contributed by atoms with Crippen molar-refractivity contribution in [1.29, 1.82) is 0 Å². The second-order valence-corrected chi connectivity index (χ2v) is 7.26. The van der Waals surface area contributed by atoms with Crippen molar-refractivity contribution < 1.29 is 0 Å². The first-order valence-electron chi connectivity index (χ1n) is 10.1. The third-order valence-corrected chi connectivity index (χ3v) is 4.89. The van der Waals surface area contributed by atoms with Gasteiger partial charge in [0.15, 0.2) is 5.96 Å². The molecule has 0 saturated carbocycles. The Kier molecular flexibility index (Phi) is 11.9. The van der Waals surface area contributed by atoms with Gasteiger partial charge in [0.25, 0.3) is 0 Å². The van der Waals surface area contributed by atoms with E-state index in [1.807, 2.05) is 0 Å². The molecule has 1 atom stereocenters. The fourth-order valence-electron chi connectivity index (χ4n) is 3.22. The maximum Gasteiger partial charge on any atom is 0.188 e. The predicted molar refractivity (Wildman–Crippen MR) is 106 cm³/mol. The van der Waals surface area contributed by atoms with E-state index >= 15 is 0 Å². The Morgan fingerprint density at radius 3 is 2.29 bits per heavy atom. The third-order valence-electron chi connectivity index (χ3n) is 4.89. The molecule has 3 N–H and O–H groups in total. The Bertz CT molecular complexity index is 324. The van der Waals surface area contributed by atoms with Crippen molar-refractivity contribution >= 4 is 5.96 Å². The summed E-state index contributed by atoms with van der Waals surface area (Å²) in [6.07, 6.45) is 7.86. The number of nitrogens with zero attached hydrogens (tertiary/aromatic N) is 3. The Morgan fingerprint density at radius 2 is 1.62 bits per heavy atom. The summed E-state index contributed by atoms with van der Waals surface area (Å²) in [6.45, 7) is 15.6. The van der Waals surface area contributed by atoms with Gasteiger partial charge in [0.2, 0.25) is 0 Å². The zero-order valence-electron chi connectivity index (χ0n) is 16.4. The molecule has 1 aliphatic rings. The second kappa shape index (κ2) is 13.5. The summed E-state index contributed by atoms with van der Waals surface area (Å²) in [4.78, 5) is 9.59. The molecule has 5 heteroatoms. The van der Waals surface area contributed by atoms with Crippen LogP contribution in [0.1, 0.15) is 59.3 Å². The molecule has 1 aliphatic heterocycles. The van der Waals surface area contributed by atoms with Crippen molar-refractivity contribution in [2.45, 2.75) is 59.3 Å². The van der Waals surface area contributed by atoms with E-state index in [0.717, 1.165) is 19.6 Å². The summed E-state index contributed by atoms with van der Waals surface area (Å²) in [7, 11) is 0. The molecule has 0 aromatic heterocycles. The van der Waals surface area contributed by atoms with E-state index in [1.54, 1.807) is 0 Å². The van der Waals surface area contributed by atoms with Crippen LogP contribution >= 0.6 is 0 Å². The normalized spacial score (nSPS) is 18.7. The molecule has 0 aliphatic carbocycles. The zero-order valence-corrected chi connectivity index (χ0v) is 16.4. The summed E-state index contributed by atoms with van der Waals surface area (Å²) in [5, 5.41) is 3.25. The van der Waals surface area contributed by atoms with Crippen LogP contribution in [0.4, 0.5) is 0 Å². The molecule has 142 valence electrons. The van der Waals surface area contributed by atoms with Gasteiger partial charge in [0.05, 0.1) is 0 Å². The average Bonchev–Trinajstić information content (AvgIpc) is 2.60. The van der Waals surface area contributed by atoms with Crippen LogP contribution in [-0.2, 0) is 0 Å². The number of aliphatic imine (C=N–C) groups is 1. The van der Waals surface area contributed by atoms with Crippen molar-refractivity contribution in [3.63, 3.8) is 0 Å². The van der Waals surface area contributed by atoms with Crippen LogP contribution in [0.3, 0.4) is 0 Å². The maximum atomic E-state index is 5.97. The molecule has 0 aromatic carbocycles. The molecule has 1 rings (SSSR count). The Labute approximate surface area is 150 Å². The molecular weight excluding hydrogens is 298 g/mol. The highest BCUT2D eigenvalue weighted by atomic mass is 15.3. The fourth-order valence-corrected chi connectivity index (χ4v) is 3.22. The molecular formula is C19H41N5. The smallest absolute Gasteiger partial charge is 0.188 e. The van der Waals surface area contributed by atoms with Crippen LogP contribution in [0, 0.1) is 5.92 Å². The molecule has 5 nitrogen and oxygen atoms in total. The fraction of sp³-hybridized carbons (Fsp3) is 0.947. The number of hydrogen-bond donors (Lipinski definition) is 2. The maximum absolute atomic E-state index is 5.97. The largest absolute Gasteiger partial charge is 0.370 e. The topological polar surface area (TPSA) is 56.9 Å². The Balaban J connectivity index is 2.05. The lowest BCUT2D eigenvalue weighted by Gasteiger charge is -2.35. The van der Waals surface area contributed by atoms with Gasteiger partial charge >= 0.3 is 0 Å². The van der Waals surface area contributed by atoms with E-state index in [0.29, 0.717) is 11.9 Å². The van der Waals surface area contributed by atoms with Gasteiger partial charge in [-0.3, -0.25) is 4.99 Å². The molecule has 24 heavy (non-hydrogen) atoms. The molecule has 1 heterocycles. The highest BCUT2D eigenvalue weighted by Crippen LogP contribution is 2.06. The minimum absolute atomic E-state index is 0.563. The van der Waals surface area contributed by atoms with E-state index < -0.39 is 0 Å². The lowest BCUT2D eigenvalue weighted by molar-refractivity contribution is 0.125. The molecule has 1 fully saturated rings. The highest BCUT2D eigenvalue weighted by Gasteiger charge is 2.17. The summed E-state index contributed by atoms with van der Waals surface area (Å²) in [5.41, 5.74) is 5.97. The van der Waals surface area contributed by atoms with E-state index in [1.165, 1.54) is 71.2 Å². The van der Waals surface area contributed by atoms with Crippen LogP contribution in [-0.4, -0.2) is 68.1 Å². The molecule has 1 unspecified atom stereocenters. The average molecular weight is 340 g/mol. The number of nitrogens with two attached hydrogens (primary N) is 1. The Hall–Kier alpha value is -0.810. The molecule has 0 spiro atoms. The van der Waals surface area contributed by atoms with Gasteiger partial charge in [-0.05, 0) is 18.9 Å². The van der Waals surface area contributed by atoms with Gasteiger partial charge in [-0.1, -0.05) is 52.9 Å². The van der Waals surface area contributed by atoms with Gasteiger partial charge < -0.3 is 20.9 Å². The van der Waals surface area contributed by atoms with E-state index in [-0.39, 0.29) is 0 Å². The van der Waals surface area contributed by atoms with Crippen molar-refractivity contribution in [2.75, 3.05) is 52.4 Å². The van der Waals surface area contributed by atoms with Crippen LogP contribution < -0.4 is 11.1 Å². The lowest BCUT2D eigenvalue weighted by atomic mass is 10.1. The van der Waals surface area contributed by atoms with Gasteiger partial charge in [-0.2, -0.15) is 0 Å². The van der Waals surface area contributed by atoms with Gasteiger partial charge in [0, 0.05) is 45.8 Å². The van der Waals surface area contributed by atoms with E-state index in [4.69, 9.17) is 5.73 Å². The Morgan fingerprint density at radius 1 is 1.00 bits per heavy atom. The van der Waals surface area contributed by atoms with Crippen molar-refractivity contribution in [1.82, 2.24) is 15.1 Å². The van der Waals surface area contributed by atoms with Gasteiger partial charge in [0.1, 0.15) is 0 Å². The minimum Gasteiger partial charge on any atom is -0.370 e. The predicted octanol–water partition coefficient (Wildman–Crippen LogP) is 2.52. The third kappa shape index (κ3) is 10.1. The molecule has 0 aromatic rings. The highest BCUT2D eigenvalue weighted by molar-refractivity contribution is 5.77. The van der Waals surface area contributed by atoms with Crippen molar-refractivity contribution in [3.8, 4) is 0 Å². The summed E-state index contributed by atoms with van der Waals surface area (Å²) in [6, 6.07) is 0. The number of rotatable bonds is 12. The first-order valence-corrected chi connectivity index (χ1v) is 10.1. The van der Waals surface area contributed by atoms with Crippen molar-refractivity contribution in [2.24, 2.45) is 16.6 Å². The number of guanidine groups is 1. The lowest BCUT2D eigenvalue weighted by Crippen LogP contribution is -2.47. The van der Waals surface area contributed by atoms with Crippen LogP contribution in [0.2, 0.25) is 0 Å². The number of hydrogen-bond acceptors (Lipinski definition) is 3. The quantitative estimate of drug-likeness (QED) is 0.326. The first kappa shape index (κ1) is 21.2. The zero-order chi connectivity index (χ0) is 17.6. The number of nitrogens with one attached hydrogen (secondary N) is 1. The number of likely N-dealkylation sites (N-methyl/N-ethyl adjacent to an activating group) is 1. The SMILES string of the molecule is CCCCCCCCNC(N)=NCC(C)CN1CCN(CC)CC1.